The average Bonchev–Trinajstić information content (AvgIpc) is 4.02. The molecule has 16 nitrogen and oxygen atoms in total. The van der Waals surface area contributed by atoms with Gasteiger partial charge in [-0.1, -0.05) is 78.9 Å². The SMILES string of the molecule is C=CC[C@H](NC(=O)[C@H](CCCN=C(N)N)CC(=O)[C@H](Cc1c[nH]c2ccccc12)NC(=O)C1CCCN1C(=O)[C@H](CC=C)NC(=O)OCC1c2ccccc2-c2ccccc21)C(N)=O. The number of ether oxygens (including phenoxy) is 1. The molecule has 0 saturated carbocycles. The number of para-hydroxylation sites is 1. The molecule has 4 aromatic rings. The van der Waals surface area contributed by atoms with Gasteiger partial charge in [0.2, 0.25) is 23.6 Å². The molecule has 336 valence electrons. The van der Waals surface area contributed by atoms with Crippen molar-refractivity contribution in [2.24, 2.45) is 28.1 Å². The maximum Gasteiger partial charge on any atom is 0.407 e. The average molecular weight is 872 g/mol. The Kier molecular flexibility index (Phi) is 15.7. The molecule has 16 heteroatoms. The summed E-state index contributed by atoms with van der Waals surface area (Å²) < 4.78 is 5.75. The number of aliphatic imine (C=N–C) groups is 1. The fourth-order valence-electron chi connectivity index (χ4n) is 8.67. The van der Waals surface area contributed by atoms with Crippen LogP contribution in [0.4, 0.5) is 4.79 Å². The molecule has 1 unspecified atom stereocenters. The highest BCUT2D eigenvalue weighted by atomic mass is 16.5. The summed E-state index contributed by atoms with van der Waals surface area (Å²) >= 11 is 0. The summed E-state index contributed by atoms with van der Waals surface area (Å²) in [5.41, 5.74) is 22.4. The zero-order chi connectivity index (χ0) is 45.8. The Morgan fingerprint density at radius 1 is 0.844 bits per heavy atom. The van der Waals surface area contributed by atoms with Gasteiger partial charge in [-0.15, -0.1) is 13.2 Å². The number of amides is 5. The van der Waals surface area contributed by atoms with Gasteiger partial charge in [-0.3, -0.25) is 29.0 Å². The summed E-state index contributed by atoms with van der Waals surface area (Å²) in [5.74, 6) is -4.09. The number of Topliss-reactive ketones (excluding diaryl/α,β-unsaturated/α-hetero) is 1. The van der Waals surface area contributed by atoms with Gasteiger partial charge in [-0.2, -0.15) is 0 Å². The maximum absolute atomic E-state index is 14.4. The molecule has 2 aliphatic rings. The Morgan fingerprint density at radius 2 is 1.50 bits per heavy atom. The zero-order valence-corrected chi connectivity index (χ0v) is 35.8. The van der Waals surface area contributed by atoms with Crippen LogP contribution in [-0.4, -0.2) is 95.2 Å². The van der Waals surface area contributed by atoms with Crippen molar-refractivity contribution in [3.8, 4) is 11.1 Å². The van der Waals surface area contributed by atoms with E-state index in [4.69, 9.17) is 21.9 Å². The Labute approximate surface area is 372 Å². The molecule has 1 fully saturated rings. The summed E-state index contributed by atoms with van der Waals surface area (Å²) in [6, 6.07) is 19.3. The molecule has 6 rings (SSSR count). The minimum atomic E-state index is -1.12. The fourth-order valence-corrected chi connectivity index (χ4v) is 8.67. The number of primary amides is 1. The number of rotatable bonds is 22. The van der Waals surface area contributed by atoms with E-state index < -0.39 is 65.6 Å². The first-order valence-electron chi connectivity index (χ1n) is 21.6. The number of hydrogen-bond acceptors (Lipinski definition) is 8. The molecule has 10 N–H and O–H groups in total. The number of aromatic amines is 1. The summed E-state index contributed by atoms with van der Waals surface area (Å²) in [7, 11) is 0. The topological polar surface area (TPSA) is 257 Å². The fraction of sp³-hybridized carbons (Fsp3) is 0.354. The maximum atomic E-state index is 14.4. The number of guanidine groups is 1. The number of likely N-dealkylation sites (tertiary alicyclic amines) is 1. The van der Waals surface area contributed by atoms with Crippen LogP contribution in [0.15, 0.2) is 109 Å². The summed E-state index contributed by atoms with van der Waals surface area (Å²) in [6.07, 6.45) is 5.19. The Bertz CT molecular complexity index is 2360. The monoisotopic (exact) mass is 871 g/mol. The first-order valence-corrected chi connectivity index (χ1v) is 21.6. The van der Waals surface area contributed by atoms with E-state index in [1.54, 1.807) is 6.20 Å². The molecule has 1 saturated heterocycles. The van der Waals surface area contributed by atoms with E-state index in [2.05, 4.69) is 39.1 Å². The molecule has 3 aromatic carbocycles. The number of carbonyl (C=O) groups is 6. The van der Waals surface area contributed by atoms with Crippen molar-refractivity contribution in [1.82, 2.24) is 25.8 Å². The second-order valence-electron chi connectivity index (χ2n) is 16.2. The predicted molar refractivity (Wildman–Crippen MR) is 244 cm³/mol. The van der Waals surface area contributed by atoms with E-state index in [-0.39, 0.29) is 63.7 Å². The van der Waals surface area contributed by atoms with Gasteiger partial charge in [-0.25, -0.2) is 4.79 Å². The normalized spacial score (nSPS) is 16.0. The lowest BCUT2D eigenvalue weighted by atomic mass is 9.90. The first-order chi connectivity index (χ1) is 30.9. The predicted octanol–water partition coefficient (Wildman–Crippen LogP) is 3.84. The van der Waals surface area contributed by atoms with Crippen LogP contribution in [0.2, 0.25) is 0 Å². The number of ketones is 1. The van der Waals surface area contributed by atoms with Crippen molar-refractivity contribution < 1.29 is 33.5 Å². The summed E-state index contributed by atoms with van der Waals surface area (Å²) in [4.78, 5) is 90.8. The highest BCUT2D eigenvalue weighted by Gasteiger charge is 2.40. The lowest BCUT2D eigenvalue weighted by molar-refractivity contribution is -0.140. The minimum Gasteiger partial charge on any atom is -0.449 e. The van der Waals surface area contributed by atoms with Crippen LogP contribution in [0.3, 0.4) is 0 Å². The van der Waals surface area contributed by atoms with Crippen molar-refractivity contribution in [2.45, 2.75) is 81.5 Å². The number of benzene rings is 3. The van der Waals surface area contributed by atoms with Crippen molar-refractivity contribution >= 4 is 52.4 Å². The molecule has 64 heavy (non-hydrogen) atoms. The number of nitrogens with zero attached hydrogens (tertiary/aromatic N) is 2. The summed E-state index contributed by atoms with van der Waals surface area (Å²) in [6.45, 7) is 7.90. The molecule has 0 radical (unpaired) electrons. The molecule has 2 heterocycles. The van der Waals surface area contributed by atoms with Gasteiger partial charge in [-0.05, 0) is 72.4 Å². The largest absolute Gasteiger partial charge is 0.449 e. The molecular formula is C48H57N9O7. The molecule has 1 aliphatic carbocycles. The van der Waals surface area contributed by atoms with Gasteiger partial charge in [0.15, 0.2) is 11.7 Å². The van der Waals surface area contributed by atoms with Crippen LogP contribution < -0.4 is 33.2 Å². The second-order valence-corrected chi connectivity index (χ2v) is 16.2. The van der Waals surface area contributed by atoms with Crippen LogP contribution in [-0.2, 0) is 35.1 Å². The number of hydrogen-bond donors (Lipinski definition) is 7. The van der Waals surface area contributed by atoms with Crippen molar-refractivity contribution in [2.75, 3.05) is 19.7 Å². The van der Waals surface area contributed by atoms with E-state index in [0.717, 1.165) is 38.7 Å². The van der Waals surface area contributed by atoms with Crippen LogP contribution in [0.25, 0.3) is 22.0 Å². The van der Waals surface area contributed by atoms with Gasteiger partial charge in [0.25, 0.3) is 0 Å². The number of nitrogens with one attached hydrogen (secondary N) is 4. The van der Waals surface area contributed by atoms with Crippen LogP contribution >= 0.6 is 0 Å². The highest BCUT2D eigenvalue weighted by molar-refractivity contribution is 5.97. The third-order valence-corrected chi connectivity index (χ3v) is 11.9. The zero-order valence-electron chi connectivity index (χ0n) is 35.8. The highest BCUT2D eigenvalue weighted by Crippen LogP contribution is 2.44. The quantitative estimate of drug-likeness (QED) is 0.0262. The number of carbonyl (C=O) groups excluding carboxylic acids is 6. The Morgan fingerprint density at radius 3 is 2.17 bits per heavy atom. The first kappa shape index (κ1) is 46.3. The smallest absolute Gasteiger partial charge is 0.407 e. The van der Waals surface area contributed by atoms with Crippen LogP contribution in [0.1, 0.15) is 67.6 Å². The number of H-pyrrole nitrogens is 1. The molecule has 1 aliphatic heterocycles. The van der Waals surface area contributed by atoms with Gasteiger partial charge in [0, 0.05) is 54.9 Å². The van der Waals surface area contributed by atoms with Gasteiger partial charge >= 0.3 is 6.09 Å². The number of fused-ring (bicyclic) bond motifs is 4. The number of alkyl carbamates (subject to hydrolysis) is 1. The Balaban J connectivity index is 1.17. The van der Waals surface area contributed by atoms with Crippen molar-refractivity contribution in [3.05, 3.63) is 121 Å². The van der Waals surface area contributed by atoms with Gasteiger partial charge in [0.05, 0.1) is 6.04 Å². The summed E-state index contributed by atoms with van der Waals surface area (Å²) in [5, 5.41) is 9.13. The van der Waals surface area contributed by atoms with Gasteiger partial charge in [0.1, 0.15) is 24.7 Å². The number of nitrogens with two attached hydrogens (primary N) is 3. The van der Waals surface area contributed by atoms with Crippen molar-refractivity contribution in [1.29, 1.82) is 0 Å². The van der Waals surface area contributed by atoms with E-state index >= 15 is 0 Å². The second kappa shape index (κ2) is 21.7. The molecule has 0 bridgehead atoms. The van der Waals surface area contributed by atoms with Crippen LogP contribution in [0.5, 0.6) is 0 Å². The van der Waals surface area contributed by atoms with Gasteiger partial charge < -0.3 is 47.8 Å². The third kappa shape index (κ3) is 11.2. The molecule has 5 atom stereocenters. The van der Waals surface area contributed by atoms with E-state index in [1.165, 1.54) is 17.1 Å². The van der Waals surface area contributed by atoms with E-state index in [0.29, 0.717) is 19.3 Å². The lowest BCUT2D eigenvalue weighted by Gasteiger charge is -2.30. The molecule has 5 amide bonds. The minimum absolute atomic E-state index is 0.0504. The van der Waals surface area contributed by atoms with Crippen LogP contribution in [0, 0.1) is 5.92 Å². The molecule has 1 aromatic heterocycles. The lowest BCUT2D eigenvalue weighted by Crippen LogP contribution is -2.55. The van der Waals surface area contributed by atoms with Crippen molar-refractivity contribution in [3.63, 3.8) is 0 Å². The molecule has 0 spiro atoms. The Hall–Kier alpha value is -7.23. The van der Waals surface area contributed by atoms with E-state index in [9.17, 15) is 28.8 Å². The molecular weight excluding hydrogens is 815 g/mol. The third-order valence-electron chi connectivity index (χ3n) is 11.9. The standard InChI is InChI=1S/C48H57N9O7/c1-3-13-38(43(49)59)54-44(60)29(15-11-23-52-47(50)51)26-42(58)40(25-30-27-53-37-21-10-9-16-31(30)37)55-45(61)41-22-12-24-57(41)46(62)39(14-4-2)56-48(63)64-28-36-34-19-7-5-17-32(34)33-18-6-8-20-35(33)36/h3-10,16-21,27,29,36,38-41,53H,1-2,11-15,22-26,28H2,(H2,49,59)(H,54,60)(H,55,61)(H,56,63)(H4,50,51,52)/t29-,38+,39+,40+,41?/m1/s1. The van der Waals surface area contributed by atoms with E-state index in [1.807, 2.05) is 72.8 Å². The number of aromatic nitrogens is 1.